The molecule has 2 N–H and O–H groups in total. The fraction of sp³-hybridized carbons (Fsp3) is 0.231. The van der Waals surface area contributed by atoms with Crippen LogP contribution >= 0.6 is 15.9 Å². The topological polar surface area (TPSA) is 66.4 Å². The molecule has 5 heteroatoms. The number of carbonyl (C=O) groups is 2. The summed E-state index contributed by atoms with van der Waals surface area (Å²) in [7, 11) is 0. The first-order valence-electron chi connectivity index (χ1n) is 5.44. The minimum Gasteiger partial charge on any atom is -0.478 e. The number of hydrogen-bond donors (Lipinski definition) is 2. The van der Waals surface area contributed by atoms with Gasteiger partial charge in [-0.1, -0.05) is 18.2 Å². The smallest absolute Gasteiger partial charge is 0.336 e. The summed E-state index contributed by atoms with van der Waals surface area (Å²) in [5, 5.41) is 11.6. The Morgan fingerprint density at radius 1 is 1.44 bits per heavy atom. The van der Waals surface area contributed by atoms with E-state index in [1.54, 1.807) is 12.1 Å². The van der Waals surface area contributed by atoms with Gasteiger partial charge in [0.05, 0.1) is 5.56 Å². The lowest BCUT2D eigenvalue weighted by molar-refractivity contribution is -0.118. The molecule has 1 aromatic rings. The molecule has 0 aliphatic heterocycles. The Kier molecular flexibility index (Phi) is 5.58. The van der Waals surface area contributed by atoms with Crippen LogP contribution in [0.5, 0.6) is 0 Å². The Balaban J connectivity index is 2.62. The van der Waals surface area contributed by atoms with E-state index in [0.717, 1.165) is 5.56 Å². The molecule has 0 saturated heterocycles. The highest BCUT2D eigenvalue weighted by atomic mass is 79.9. The lowest BCUT2D eigenvalue weighted by Gasteiger charge is -2.01. The van der Waals surface area contributed by atoms with E-state index in [-0.39, 0.29) is 11.5 Å². The first kappa shape index (κ1) is 14.4. The maximum Gasteiger partial charge on any atom is 0.336 e. The van der Waals surface area contributed by atoms with Crippen LogP contribution in [0.4, 0.5) is 0 Å². The summed E-state index contributed by atoms with van der Waals surface area (Å²) in [6.45, 7) is 2.05. The van der Waals surface area contributed by atoms with Gasteiger partial charge < -0.3 is 10.4 Å². The second-order valence-electron chi connectivity index (χ2n) is 3.72. The second kappa shape index (κ2) is 6.96. The van der Waals surface area contributed by atoms with E-state index in [2.05, 4.69) is 21.2 Å². The average Bonchev–Trinajstić information content (AvgIpc) is 2.30. The van der Waals surface area contributed by atoms with Crippen molar-refractivity contribution in [1.29, 1.82) is 0 Å². The highest BCUT2D eigenvalue weighted by Gasteiger charge is 2.07. The van der Waals surface area contributed by atoms with Crippen LogP contribution < -0.4 is 5.32 Å². The number of hydrogen-bond acceptors (Lipinski definition) is 2. The molecule has 0 heterocycles. The van der Waals surface area contributed by atoms with Gasteiger partial charge in [0.25, 0.3) is 0 Å². The van der Waals surface area contributed by atoms with Crippen LogP contribution in [0.1, 0.15) is 29.3 Å². The van der Waals surface area contributed by atoms with Gasteiger partial charge in [-0.15, -0.1) is 0 Å². The van der Waals surface area contributed by atoms with E-state index < -0.39 is 5.97 Å². The summed E-state index contributed by atoms with van der Waals surface area (Å²) < 4.78 is 0.561. The molecule has 96 valence electrons. The maximum atomic E-state index is 10.9. The van der Waals surface area contributed by atoms with E-state index >= 15 is 0 Å². The SMILES string of the molecule is CC(=O)NCCC=Cc1ccc(Br)c(C(=O)O)c1. The molecular formula is C13H14BrNO3. The van der Waals surface area contributed by atoms with Crippen molar-refractivity contribution in [3.05, 3.63) is 39.9 Å². The standard InChI is InChI=1S/C13H14BrNO3/c1-9(16)15-7-3-2-4-10-5-6-12(14)11(8-10)13(17)18/h2,4-6,8H,3,7H2,1H3,(H,15,16)(H,17,18). The van der Waals surface area contributed by atoms with Gasteiger partial charge in [-0.3, -0.25) is 4.79 Å². The number of carboxylic acid groups (broad SMARTS) is 1. The minimum atomic E-state index is -0.963. The van der Waals surface area contributed by atoms with Crippen molar-refractivity contribution >= 4 is 33.9 Å². The summed E-state index contributed by atoms with van der Waals surface area (Å²) in [5.41, 5.74) is 1.05. The molecule has 0 fully saturated rings. The number of rotatable bonds is 5. The highest BCUT2D eigenvalue weighted by molar-refractivity contribution is 9.10. The molecule has 1 aromatic carbocycles. The molecule has 0 spiro atoms. The number of halogens is 1. The van der Waals surface area contributed by atoms with Crippen molar-refractivity contribution in [3.63, 3.8) is 0 Å². The van der Waals surface area contributed by atoms with Gasteiger partial charge in [0, 0.05) is 17.9 Å². The monoisotopic (exact) mass is 311 g/mol. The lowest BCUT2D eigenvalue weighted by Crippen LogP contribution is -2.20. The summed E-state index contributed by atoms with van der Waals surface area (Å²) in [5.74, 6) is -1.02. The van der Waals surface area contributed by atoms with Gasteiger partial charge in [0.2, 0.25) is 5.91 Å². The van der Waals surface area contributed by atoms with E-state index in [4.69, 9.17) is 5.11 Å². The number of nitrogens with one attached hydrogen (secondary N) is 1. The Morgan fingerprint density at radius 2 is 2.17 bits per heavy atom. The van der Waals surface area contributed by atoms with Gasteiger partial charge in [-0.05, 0) is 40.0 Å². The zero-order valence-electron chi connectivity index (χ0n) is 9.94. The van der Waals surface area contributed by atoms with Crippen LogP contribution in [0.15, 0.2) is 28.7 Å². The molecule has 0 atom stereocenters. The van der Waals surface area contributed by atoms with E-state index in [9.17, 15) is 9.59 Å². The van der Waals surface area contributed by atoms with Crippen LogP contribution in [-0.4, -0.2) is 23.5 Å². The molecule has 0 aliphatic rings. The Hall–Kier alpha value is -1.62. The molecule has 0 unspecified atom stereocenters. The quantitative estimate of drug-likeness (QED) is 0.822. The van der Waals surface area contributed by atoms with Gasteiger partial charge >= 0.3 is 5.97 Å². The number of aromatic carboxylic acids is 1. The van der Waals surface area contributed by atoms with Crippen LogP contribution in [0, 0.1) is 0 Å². The van der Waals surface area contributed by atoms with Crippen LogP contribution in [0.2, 0.25) is 0 Å². The third kappa shape index (κ3) is 4.71. The third-order valence-electron chi connectivity index (χ3n) is 2.22. The molecular weight excluding hydrogens is 298 g/mol. The average molecular weight is 312 g/mol. The Morgan fingerprint density at radius 3 is 2.78 bits per heavy atom. The molecule has 0 saturated carbocycles. The zero-order chi connectivity index (χ0) is 13.5. The van der Waals surface area contributed by atoms with Gasteiger partial charge in [-0.2, -0.15) is 0 Å². The summed E-state index contributed by atoms with van der Waals surface area (Å²) >= 11 is 3.19. The number of carboxylic acids is 1. The lowest BCUT2D eigenvalue weighted by atomic mass is 10.1. The molecule has 1 rings (SSSR count). The Labute approximate surface area is 114 Å². The zero-order valence-corrected chi connectivity index (χ0v) is 11.5. The first-order valence-corrected chi connectivity index (χ1v) is 6.24. The third-order valence-corrected chi connectivity index (χ3v) is 2.91. The van der Waals surface area contributed by atoms with Crippen molar-refractivity contribution in [2.75, 3.05) is 6.54 Å². The summed E-state index contributed by atoms with van der Waals surface area (Å²) in [6.07, 6.45) is 4.43. The molecule has 18 heavy (non-hydrogen) atoms. The number of amides is 1. The summed E-state index contributed by atoms with van der Waals surface area (Å²) in [4.78, 5) is 21.6. The summed E-state index contributed by atoms with van der Waals surface area (Å²) in [6, 6.07) is 5.13. The Bertz CT molecular complexity index is 483. The fourth-order valence-electron chi connectivity index (χ4n) is 1.36. The fourth-order valence-corrected chi connectivity index (χ4v) is 1.78. The van der Waals surface area contributed by atoms with E-state index in [0.29, 0.717) is 17.4 Å². The predicted molar refractivity (Wildman–Crippen MR) is 73.4 cm³/mol. The van der Waals surface area contributed by atoms with E-state index in [1.165, 1.54) is 6.92 Å². The number of benzene rings is 1. The van der Waals surface area contributed by atoms with Crippen molar-refractivity contribution in [2.45, 2.75) is 13.3 Å². The molecule has 0 aromatic heterocycles. The largest absolute Gasteiger partial charge is 0.478 e. The molecule has 4 nitrogen and oxygen atoms in total. The van der Waals surface area contributed by atoms with Crippen molar-refractivity contribution < 1.29 is 14.7 Å². The second-order valence-corrected chi connectivity index (χ2v) is 4.57. The predicted octanol–water partition coefficient (Wildman–Crippen LogP) is 2.69. The van der Waals surface area contributed by atoms with Crippen LogP contribution in [0.3, 0.4) is 0 Å². The molecule has 0 radical (unpaired) electrons. The van der Waals surface area contributed by atoms with Crippen LogP contribution in [0.25, 0.3) is 6.08 Å². The molecule has 1 amide bonds. The maximum absolute atomic E-state index is 10.9. The molecule has 0 bridgehead atoms. The van der Waals surface area contributed by atoms with Gasteiger partial charge in [0.1, 0.15) is 0 Å². The van der Waals surface area contributed by atoms with Crippen molar-refractivity contribution in [1.82, 2.24) is 5.32 Å². The van der Waals surface area contributed by atoms with Crippen molar-refractivity contribution in [3.8, 4) is 0 Å². The number of carbonyl (C=O) groups excluding carboxylic acids is 1. The molecule has 0 aliphatic carbocycles. The highest BCUT2D eigenvalue weighted by Crippen LogP contribution is 2.19. The van der Waals surface area contributed by atoms with E-state index in [1.807, 2.05) is 18.2 Å². The minimum absolute atomic E-state index is 0.0554. The van der Waals surface area contributed by atoms with Crippen LogP contribution in [-0.2, 0) is 4.79 Å². The normalized spacial score (nSPS) is 10.6. The van der Waals surface area contributed by atoms with Gasteiger partial charge in [0.15, 0.2) is 0 Å². The van der Waals surface area contributed by atoms with Gasteiger partial charge in [-0.25, -0.2) is 4.79 Å². The van der Waals surface area contributed by atoms with Crippen molar-refractivity contribution in [2.24, 2.45) is 0 Å². The first-order chi connectivity index (χ1) is 8.50.